The van der Waals surface area contributed by atoms with Crippen LogP contribution in [0.4, 0.5) is 0 Å². The van der Waals surface area contributed by atoms with Crippen LogP contribution in [0.15, 0.2) is 0 Å². The average Bonchev–Trinajstić information content (AvgIpc) is 2.19. The van der Waals surface area contributed by atoms with E-state index in [4.69, 9.17) is 0 Å². The fraction of sp³-hybridized carbons (Fsp3) is 1.00. The maximum absolute atomic E-state index is 3.83. The normalized spacial score (nSPS) is 28.7. The SMILES string of the molecule is CSC1(CNC2CCC(C)(C)CC2)CCC1. The predicted octanol–water partition coefficient (Wildman–Crippen LogP) is 3.83. The van der Waals surface area contributed by atoms with Crippen molar-refractivity contribution in [2.24, 2.45) is 5.41 Å². The molecule has 2 heteroatoms. The largest absolute Gasteiger partial charge is 0.313 e. The lowest BCUT2D eigenvalue weighted by Gasteiger charge is -2.43. The summed E-state index contributed by atoms with van der Waals surface area (Å²) in [5.74, 6) is 0. The van der Waals surface area contributed by atoms with E-state index in [9.17, 15) is 0 Å². The van der Waals surface area contributed by atoms with Gasteiger partial charge in [0.15, 0.2) is 0 Å². The lowest BCUT2D eigenvalue weighted by molar-refractivity contribution is 0.199. The minimum Gasteiger partial charge on any atom is -0.313 e. The van der Waals surface area contributed by atoms with Crippen LogP contribution < -0.4 is 5.32 Å². The van der Waals surface area contributed by atoms with Gasteiger partial charge in [-0.25, -0.2) is 0 Å². The summed E-state index contributed by atoms with van der Waals surface area (Å²) < 4.78 is 0.604. The summed E-state index contributed by atoms with van der Waals surface area (Å²) in [6.07, 6.45) is 12.2. The number of hydrogen-bond donors (Lipinski definition) is 1. The highest BCUT2D eigenvalue weighted by Gasteiger charge is 2.36. The zero-order valence-corrected chi connectivity index (χ0v) is 12.0. The van der Waals surface area contributed by atoms with Crippen molar-refractivity contribution in [2.75, 3.05) is 12.8 Å². The molecule has 0 aromatic rings. The molecule has 0 heterocycles. The molecule has 0 saturated heterocycles. The van der Waals surface area contributed by atoms with E-state index in [0.29, 0.717) is 10.2 Å². The fourth-order valence-electron chi connectivity index (χ4n) is 2.96. The van der Waals surface area contributed by atoms with Gasteiger partial charge in [-0.2, -0.15) is 11.8 Å². The molecule has 0 spiro atoms. The van der Waals surface area contributed by atoms with E-state index in [1.54, 1.807) is 0 Å². The first-order valence-corrected chi connectivity index (χ1v) is 8.06. The fourth-order valence-corrected chi connectivity index (χ4v) is 3.88. The Bertz CT molecular complexity index is 217. The number of hydrogen-bond acceptors (Lipinski definition) is 2. The van der Waals surface area contributed by atoms with E-state index >= 15 is 0 Å². The summed E-state index contributed by atoms with van der Waals surface area (Å²) in [5.41, 5.74) is 0.603. The highest BCUT2D eigenvalue weighted by molar-refractivity contribution is 8.00. The minimum absolute atomic E-state index is 0.603. The molecule has 0 aromatic heterocycles. The van der Waals surface area contributed by atoms with Gasteiger partial charge < -0.3 is 5.32 Å². The van der Waals surface area contributed by atoms with Crippen molar-refractivity contribution in [3.63, 3.8) is 0 Å². The van der Waals surface area contributed by atoms with Crippen LogP contribution in [0.25, 0.3) is 0 Å². The monoisotopic (exact) mass is 241 g/mol. The third-order valence-electron chi connectivity index (χ3n) is 4.75. The first-order chi connectivity index (χ1) is 7.55. The van der Waals surface area contributed by atoms with E-state index in [0.717, 1.165) is 6.04 Å². The highest BCUT2D eigenvalue weighted by Crippen LogP contribution is 2.42. The van der Waals surface area contributed by atoms with Gasteiger partial charge in [-0.1, -0.05) is 20.3 Å². The molecule has 2 fully saturated rings. The van der Waals surface area contributed by atoms with Crippen LogP contribution in [0.5, 0.6) is 0 Å². The van der Waals surface area contributed by atoms with Crippen molar-refractivity contribution in [3.8, 4) is 0 Å². The van der Waals surface area contributed by atoms with Gasteiger partial charge in [0.1, 0.15) is 0 Å². The van der Waals surface area contributed by atoms with Crippen molar-refractivity contribution in [3.05, 3.63) is 0 Å². The van der Waals surface area contributed by atoms with E-state index in [1.807, 2.05) is 0 Å². The van der Waals surface area contributed by atoms with Gasteiger partial charge in [0, 0.05) is 17.3 Å². The van der Waals surface area contributed by atoms with Gasteiger partial charge in [-0.05, 0) is 50.2 Å². The van der Waals surface area contributed by atoms with Crippen LogP contribution in [0.3, 0.4) is 0 Å². The summed E-state index contributed by atoms with van der Waals surface area (Å²) >= 11 is 2.08. The lowest BCUT2D eigenvalue weighted by atomic mass is 9.75. The molecular weight excluding hydrogens is 214 g/mol. The van der Waals surface area contributed by atoms with Crippen molar-refractivity contribution < 1.29 is 0 Å². The first kappa shape index (κ1) is 12.8. The predicted molar refractivity (Wildman–Crippen MR) is 74.1 cm³/mol. The molecule has 1 nitrogen and oxygen atoms in total. The second-order valence-corrected chi connectivity index (χ2v) is 7.83. The van der Waals surface area contributed by atoms with Gasteiger partial charge in [0.25, 0.3) is 0 Å². The molecule has 2 rings (SSSR count). The zero-order chi connectivity index (χ0) is 11.6. The van der Waals surface area contributed by atoms with Crippen molar-refractivity contribution in [1.82, 2.24) is 5.32 Å². The van der Waals surface area contributed by atoms with Crippen LogP contribution in [0.1, 0.15) is 58.8 Å². The molecule has 1 N–H and O–H groups in total. The van der Waals surface area contributed by atoms with Crippen LogP contribution in [0.2, 0.25) is 0 Å². The zero-order valence-electron chi connectivity index (χ0n) is 11.1. The van der Waals surface area contributed by atoms with Crippen molar-refractivity contribution >= 4 is 11.8 Å². The summed E-state index contributed by atoms with van der Waals surface area (Å²) in [4.78, 5) is 0. The molecule has 0 bridgehead atoms. The van der Waals surface area contributed by atoms with Gasteiger partial charge in [-0.3, -0.25) is 0 Å². The maximum atomic E-state index is 3.83. The molecular formula is C14H27NS. The van der Waals surface area contributed by atoms with E-state index in [1.165, 1.54) is 51.5 Å². The Morgan fingerprint density at radius 1 is 1.12 bits per heavy atom. The van der Waals surface area contributed by atoms with Gasteiger partial charge in [0.05, 0.1) is 0 Å². The molecule has 94 valence electrons. The molecule has 0 amide bonds. The Balaban J connectivity index is 1.71. The molecule has 0 unspecified atom stereocenters. The number of rotatable bonds is 4. The smallest absolute Gasteiger partial charge is 0.0281 e. The summed E-state index contributed by atoms with van der Waals surface area (Å²) in [5, 5.41) is 3.83. The summed E-state index contributed by atoms with van der Waals surface area (Å²) in [6, 6.07) is 0.803. The molecule has 2 aliphatic carbocycles. The van der Waals surface area contributed by atoms with Gasteiger partial charge in [-0.15, -0.1) is 0 Å². The van der Waals surface area contributed by atoms with Crippen LogP contribution in [-0.2, 0) is 0 Å². The molecule has 0 aromatic carbocycles. The quantitative estimate of drug-likeness (QED) is 0.803. The van der Waals surface area contributed by atoms with E-state index in [-0.39, 0.29) is 0 Å². The molecule has 2 aliphatic rings. The Morgan fingerprint density at radius 2 is 1.75 bits per heavy atom. The third-order valence-corrected chi connectivity index (χ3v) is 6.17. The second-order valence-electron chi connectivity index (χ2n) is 6.56. The van der Waals surface area contributed by atoms with Crippen molar-refractivity contribution in [1.29, 1.82) is 0 Å². The molecule has 16 heavy (non-hydrogen) atoms. The number of thioether (sulfide) groups is 1. The molecule has 2 saturated carbocycles. The first-order valence-electron chi connectivity index (χ1n) is 6.84. The topological polar surface area (TPSA) is 12.0 Å². The van der Waals surface area contributed by atoms with E-state index in [2.05, 4.69) is 37.2 Å². The third kappa shape index (κ3) is 2.95. The average molecular weight is 241 g/mol. The molecule has 0 aliphatic heterocycles. The highest BCUT2D eigenvalue weighted by atomic mass is 32.2. The van der Waals surface area contributed by atoms with Gasteiger partial charge in [0.2, 0.25) is 0 Å². The minimum atomic E-state index is 0.603. The lowest BCUT2D eigenvalue weighted by Crippen LogP contribution is -2.47. The Labute approximate surface area is 105 Å². The Kier molecular flexibility index (Phi) is 3.90. The summed E-state index contributed by atoms with van der Waals surface area (Å²) in [6.45, 7) is 6.08. The van der Waals surface area contributed by atoms with E-state index < -0.39 is 0 Å². The standard InChI is InChI=1S/C14H27NS/c1-13(2)9-5-12(6-10-13)15-11-14(16-3)7-4-8-14/h12,15H,4-11H2,1-3H3. The molecule has 0 atom stereocenters. The molecule has 0 radical (unpaired) electrons. The summed E-state index contributed by atoms with van der Waals surface area (Å²) in [7, 11) is 0. The van der Waals surface area contributed by atoms with Crippen LogP contribution in [-0.4, -0.2) is 23.6 Å². The Morgan fingerprint density at radius 3 is 2.19 bits per heavy atom. The second kappa shape index (κ2) is 4.89. The Hall–Kier alpha value is 0.310. The van der Waals surface area contributed by atoms with Crippen LogP contribution >= 0.6 is 11.8 Å². The number of nitrogens with one attached hydrogen (secondary N) is 1. The maximum Gasteiger partial charge on any atom is 0.0281 e. The van der Waals surface area contributed by atoms with Crippen molar-refractivity contribution in [2.45, 2.75) is 69.6 Å². The van der Waals surface area contributed by atoms with Crippen LogP contribution in [0, 0.1) is 5.41 Å². The van der Waals surface area contributed by atoms with Gasteiger partial charge >= 0.3 is 0 Å².